The van der Waals surface area contributed by atoms with Gasteiger partial charge in [-0.3, -0.25) is 71.9 Å². The molecule has 1 aliphatic rings. The summed E-state index contributed by atoms with van der Waals surface area (Å²) in [5.74, 6) is -17.9. The molecular weight excluding hydrogens is 1420 g/mol. The summed E-state index contributed by atoms with van der Waals surface area (Å²) in [6.07, 6.45) is -3.18. The van der Waals surface area contributed by atoms with Crippen LogP contribution in [0.4, 0.5) is 0 Å². The van der Waals surface area contributed by atoms with Crippen molar-refractivity contribution in [2.75, 3.05) is 40.3 Å². The smallest absolute Gasteiger partial charge is 0.329 e. The topological polar surface area (TPSA) is 569 Å². The van der Waals surface area contributed by atoms with Gasteiger partial charge in [0.15, 0.2) is 0 Å². The van der Waals surface area contributed by atoms with Crippen molar-refractivity contribution in [3.05, 3.63) is 71.9 Å². The molecule has 0 unspecified atom stereocenters. The largest absolute Gasteiger partial charge is 0.481 e. The summed E-state index contributed by atoms with van der Waals surface area (Å²) < 4.78 is 6.04. The maximum absolute atomic E-state index is 15.0. The fraction of sp³-hybridized carbons (Fsp3) is 0.589. The lowest BCUT2D eigenvalue weighted by Crippen LogP contribution is -2.61. The van der Waals surface area contributed by atoms with Crippen LogP contribution in [-0.4, -0.2) is 233 Å². The Morgan fingerprint density at radius 2 is 1.06 bits per heavy atom. The number of aliphatic carboxylic acids is 1. The van der Waals surface area contributed by atoms with E-state index >= 15 is 4.79 Å². The first-order valence-corrected chi connectivity index (χ1v) is 36.6. The molecule has 0 bridgehead atoms. The number of carbonyl (C=O) groups is 16. The number of amides is 14. The quantitative estimate of drug-likeness (QED) is 0.0377. The minimum atomic E-state index is -1.95. The van der Waals surface area contributed by atoms with Crippen LogP contribution >= 0.6 is 0 Å². The van der Waals surface area contributed by atoms with E-state index in [1.165, 1.54) is 21.0 Å². The van der Waals surface area contributed by atoms with Crippen LogP contribution in [-0.2, 0) is 94.3 Å². The number of carbonyl (C=O) groups excluding carboxylic acids is 15. The predicted molar refractivity (Wildman–Crippen MR) is 397 cm³/mol. The Bertz CT molecular complexity index is 3650. The number of benzene rings is 2. The van der Waals surface area contributed by atoms with Crippen molar-refractivity contribution in [1.82, 2.24) is 68.0 Å². The van der Waals surface area contributed by atoms with Crippen LogP contribution in [0.15, 0.2) is 60.8 Å². The van der Waals surface area contributed by atoms with Crippen molar-refractivity contribution in [3.8, 4) is 0 Å². The number of carboxylic acid groups (broad SMARTS) is 1. The number of carboxylic acids is 1. The van der Waals surface area contributed by atoms with E-state index in [-0.39, 0.29) is 76.3 Å². The second kappa shape index (κ2) is 45.3. The molecule has 0 spiro atoms. The summed E-state index contributed by atoms with van der Waals surface area (Å²) in [4.78, 5) is 230. The summed E-state index contributed by atoms with van der Waals surface area (Å²) in [6, 6.07) is -2.64. The van der Waals surface area contributed by atoms with Crippen molar-refractivity contribution in [1.29, 1.82) is 0 Å². The number of hydrogen-bond acceptors (Lipinski definition) is 20. The molecule has 0 radical (unpaired) electrons. The molecule has 2 aromatic carbocycles. The number of likely N-dealkylation sites (N-methyl/N-ethyl adjacent to an activating group) is 2. The van der Waals surface area contributed by atoms with Crippen LogP contribution in [0, 0.1) is 17.8 Å². The molecule has 1 saturated heterocycles. The molecule has 1 aliphatic heterocycles. The third-order valence-electron chi connectivity index (χ3n) is 18.1. The average Bonchev–Trinajstić information content (AvgIpc) is 1.67. The van der Waals surface area contributed by atoms with E-state index in [1.54, 1.807) is 88.5 Å². The Morgan fingerprint density at radius 1 is 0.550 bits per heavy atom. The zero-order valence-electron chi connectivity index (χ0n) is 63.4. The fourth-order valence-corrected chi connectivity index (χ4v) is 12.2. The molecule has 36 nitrogen and oxygen atoms in total. The Kier molecular flexibility index (Phi) is 37.7. The highest BCUT2D eigenvalue weighted by Crippen LogP contribution is 2.23. The zero-order chi connectivity index (χ0) is 81.4. The Morgan fingerprint density at radius 3 is 1.61 bits per heavy atom. The van der Waals surface area contributed by atoms with Crippen LogP contribution < -0.4 is 76.1 Å². The van der Waals surface area contributed by atoms with Crippen molar-refractivity contribution in [2.45, 2.75) is 217 Å². The van der Waals surface area contributed by atoms with Gasteiger partial charge in [-0.15, -0.1) is 0 Å². The molecule has 2 heterocycles. The summed E-state index contributed by atoms with van der Waals surface area (Å²) in [6.45, 7) is 9.83. The minimum absolute atomic E-state index is 0.000828. The van der Waals surface area contributed by atoms with Crippen LogP contribution in [0.2, 0.25) is 0 Å². The first-order chi connectivity index (χ1) is 51.5. The summed E-state index contributed by atoms with van der Waals surface area (Å²) >= 11 is 0. The van der Waals surface area contributed by atoms with Crippen LogP contribution in [0.25, 0.3) is 10.9 Å². The standard InChI is InChI=1S/C73H111N17O19/c1-39(2)18-15-21-45-33-59(94)81-55(38-91)70(105)87-53(34-57(76)92)66(101)80-42(7)63(98)79-37-60(95)89(8)56(31-43-19-11-10-12-20-43)71(106)88-51(30-40(3)4)67(102)82-48(24-16-28-74)64(99)83-49(26-27-61(96)97)65(100)86-54(35-58(77)93)69(104)85-52(32-44-36-78-47-23-14-13-22-46(44)47)68(103)84-50(25-17-29-75)72(107)90(9)62(41(5)6)73(108)109-45/h10-14,19-20,22-23,36,39-42,45,48-56,62,78,91H,15-18,21,24-35,37-38,74-75H2,1-9H3,(H2,76,92)(H2,77,93)(H,79,98)(H,80,101)(H,81,94)(H,82,102)(H,83,99)(H,84,103)(H,85,104)(H,86,100)(H,87,105)(H,88,106)(H,96,97)/t42-,45+,48+,49-,50+,51-,52+,53+,54+,55-,56+,62-/m0/s1. The van der Waals surface area contributed by atoms with E-state index in [2.05, 4.69) is 58.2 Å². The van der Waals surface area contributed by atoms with E-state index in [0.717, 1.165) is 9.80 Å². The molecule has 36 heteroatoms. The van der Waals surface area contributed by atoms with E-state index in [0.29, 0.717) is 34.9 Å². The Labute approximate surface area is 633 Å². The maximum atomic E-state index is 15.0. The summed E-state index contributed by atoms with van der Waals surface area (Å²) in [5, 5.41) is 45.7. The molecule has 109 heavy (non-hydrogen) atoms. The first kappa shape index (κ1) is 90.8. The summed E-state index contributed by atoms with van der Waals surface area (Å²) in [5.41, 5.74) is 24.6. The molecular formula is C73H111N17O19. The number of ether oxygens (including phenoxy) is 1. The molecule has 602 valence electrons. The third kappa shape index (κ3) is 30.2. The molecule has 4 rings (SSSR count). The summed E-state index contributed by atoms with van der Waals surface area (Å²) in [7, 11) is 2.54. The van der Waals surface area contributed by atoms with Gasteiger partial charge in [0, 0.05) is 50.5 Å². The fourth-order valence-electron chi connectivity index (χ4n) is 12.2. The maximum Gasteiger partial charge on any atom is 0.329 e. The van der Waals surface area contributed by atoms with Crippen molar-refractivity contribution < 1.29 is 91.7 Å². The number of hydrogen-bond donors (Lipinski definition) is 17. The van der Waals surface area contributed by atoms with E-state index in [4.69, 9.17) is 27.7 Å². The zero-order valence-corrected chi connectivity index (χ0v) is 63.4. The van der Waals surface area contributed by atoms with Gasteiger partial charge in [0.05, 0.1) is 32.4 Å². The van der Waals surface area contributed by atoms with E-state index in [1.807, 2.05) is 13.8 Å². The molecule has 1 aromatic heterocycles. The number of aromatic nitrogens is 1. The molecule has 1 fully saturated rings. The van der Waals surface area contributed by atoms with Gasteiger partial charge in [-0.05, 0) is 106 Å². The van der Waals surface area contributed by atoms with Gasteiger partial charge in [-0.2, -0.15) is 0 Å². The third-order valence-corrected chi connectivity index (χ3v) is 18.1. The lowest BCUT2D eigenvalue weighted by molar-refractivity contribution is -0.162. The molecule has 0 aliphatic carbocycles. The monoisotopic (exact) mass is 1530 g/mol. The van der Waals surface area contributed by atoms with Gasteiger partial charge in [-0.1, -0.05) is 96.5 Å². The second-order valence-corrected chi connectivity index (χ2v) is 28.4. The Balaban J connectivity index is 1.90. The van der Waals surface area contributed by atoms with Gasteiger partial charge in [0.25, 0.3) is 0 Å². The number of cyclic esters (lactones) is 1. The highest BCUT2D eigenvalue weighted by atomic mass is 16.5. The van der Waals surface area contributed by atoms with Crippen LogP contribution in [0.3, 0.4) is 0 Å². The SMILES string of the molecule is CC(C)CCC[C@@H]1CC(=O)N[C@@H](CO)C(=O)N[C@H](CC(N)=O)C(=O)N[C@@H](C)C(=O)NCC(=O)N(C)[C@H](Cc2ccccc2)C(=O)N[C@@H](CC(C)C)C(=O)N[C@H](CCCN)C(=O)N[C@@H](CCC(=O)O)C(=O)N[C@H](CC(N)=O)C(=O)N[C@H](Cc2c[nH]c3ccccc23)C(=O)N[C@H](CCCN)C(=O)N(C)[C@@H](C(C)C)C(=O)O1. The van der Waals surface area contributed by atoms with Gasteiger partial charge in [0.2, 0.25) is 82.7 Å². The first-order valence-electron chi connectivity index (χ1n) is 36.6. The lowest BCUT2D eigenvalue weighted by atomic mass is 9.99. The van der Waals surface area contributed by atoms with Crippen molar-refractivity contribution in [3.63, 3.8) is 0 Å². The number of nitrogens with zero attached hydrogens (tertiary/aromatic N) is 2. The molecule has 21 N–H and O–H groups in total. The molecule has 12 atom stereocenters. The number of esters is 1. The minimum Gasteiger partial charge on any atom is -0.481 e. The van der Waals surface area contributed by atoms with Crippen LogP contribution in [0.1, 0.15) is 143 Å². The number of H-pyrrole nitrogens is 1. The molecule has 0 saturated carbocycles. The van der Waals surface area contributed by atoms with Gasteiger partial charge >= 0.3 is 11.9 Å². The number of aromatic amines is 1. The number of para-hydroxylation sites is 1. The number of aliphatic hydroxyl groups is 1. The highest BCUT2D eigenvalue weighted by Gasteiger charge is 2.41. The van der Waals surface area contributed by atoms with Gasteiger partial charge < -0.3 is 106 Å². The molecule has 3 aromatic rings. The second-order valence-electron chi connectivity index (χ2n) is 28.4. The lowest BCUT2D eigenvalue weighted by Gasteiger charge is -2.34. The van der Waals surface area contributed by atoms with Crippen molar-refractivity contribution in [2.24, 2.45) is 40.7 Å². The number of fused-ring (bicyclic) bond motifs is 1. The average molecular weight is 1530 g/mol. The number of nitrogens with one attached hydrogen (secondary N) is 11. The van der Waals surface area contributed by atoms with E-state index in [9.17, 15) is 82.1 Å². The highest BCUT2D eigenvalue weighted by molar-refractivity contribution is 6.01. The van der Waals surface area contributed by atoms with Gasteiger partial charge in [-0.25, -0.2) is 4.79 Å². The molecule has 14 amide bonds. The number of aliphatic hydroxyl groups excluding tert-OH is 1. The Hall–Kier alpha value is -10.6. The normalized spacial score (nSPS) is 24.2. The number of nitrogens with two attached hydrogens (primary N) is 4. The number of rotatable bonds is 25. The van der Waals surface area contributed by atoms with E-state index < -0.39 is 218 Å². The van der Waals surface area contributed by atoms with Crippen molar-refractivity contribution >= 4 is 106 Å². The van der Waals surface area contributed by atoms with Crippen LogP contribution in [0.5, 0.6) is 0 Å². The predicted octanol–water partition coefficient (Wildman–Crippen LogP) is -2.96. The number of primary amides is 2. The van der Waals surface area contributed by atoms with Gasteiger partial charge in [0.1, 0.15) is 72.6 Å².